The van der Waals surface area contributed by atoms with Crippen LogP contribution >= 0.6 is 11.3 Å². The van der Waals surface area contributed by atoms with Crippen LogP contribution in [0.5, 0.6) is 0 Å². The Labute approximate surface area is 128 Å². The zero-order valence-electron chi connectivity index (χ0n) is 12.5. The van der Waals surface area contributed by atoms with Crippen molar-refractivity contribution in [3.05, 3.63) is 34.7 Å². The zero-order valence-corrected chi connectivity index (χ0v) is 13.3. The fourth-order valence-corrected chi connectivity index (χ4v) is 2.79. The van der Waals surface area contributed by atoms with Crippen LogP contribution in [0.15, 0.2) is 24.3 Å². The van der Waals surface area contributed by atoms with Gasteiger partial charge in [0.1, 0.15) is 10.7 Å². The molecule has 0 atom stereocenters. The zero-order chi connectivity index (χ0) is 15.4. The van der Waals surface area contributed by atoms with Crippen molar-refractivity contribution in [1.29, 1.82) is 0 Å². The van der Waals surface area contributed by atoms with Gasteiger partial charge in [0.25, 0.3) is 5.91 Å². The summed E-state index contributed by atoms with van der Waals surface area (Å²) < 4.78 is 0. The lowest BCUT2D eigenvalue weighted by molar-refractivity contribution is 0.103. The molecule has 0 saturated carbocycles. The van der Waals surface area contributed by atoms with Gasteiger partial charge in [0.05, 0.1) is 0 Å². The minimum Gasteiger partial charge on any atom is -0.382 e. The van der Waals surface area contributed by atoms with Gasteiger partial charge in [-0.3, -0.25) is 4.79 Å². The Hall–Kier alpha value is -2.08. The number of hydrogen-bond acceptors (Lipinski definition) is 5. The molecule has 0 bridgehead atoms. The van der Waals surface area contributed by atoms with Crippen LogP contribution in [0.3, 0.4) is 0 Å². The second kappa shape index (κ2) is 6.58. The molecule has 0 unspecified atom stereocenters. The number of thiazole rings is 1. The molecule has 1 heterocycles. The summed E-state index contributed by atoms with van der Waals surface area (Å²) in [5, 5.41) is 3.66. The van der Waals surface area contributed by atoms with Gasteiger partial charge in [0.15, 0.2) is 5.13 Å². The van der Waals surface area contributed by atoms with E-state index in [0.717, 1.165) is 29.2 Å². The van der Waals surface area contributed by atoms with E-state index in [1.807, 2.05) is 43.3 Å². The van der Waals surface area contributed by atoms with Crippen molar-refractivity contribution in [3.63, 3.8) is 0 Å². The number of rotatable bonds is 5. The highest BCUT2D eigenvalue weighted by molar-refractivity contribution is 7.18. The quantitative estimate of drug-likeness (QED) is 0.891. The Bertz CT molecular complexity index is 636. The van der Waals surface area contributed by atoms with Crippen LogP contribution in [0.4, 0.5) is 16.6 Å². The largest absolute Gasteiger partial charge is 0.382 e. The van der Waals surface area contributed by atoms with E-state index in [4.69, 9.17) is 5.73 Å². The van der Waals surface area contributed by atoms with Gasteiger partial charge in [0, 0.05) is 19.8 Å². The first-order valence-electron chi connectivity index (χ1n) is 6.85. The molecule has 0 aliphatic heterocycles. The van der Waals surface area contributed by atoms with Gasteiger partial charge in [-0.25, -0.2) is 4.98 Å². The summed E-state index contributed by atoms with van der Waals surface area (Å²) in [5.74, 6) is 0.0656. The number of carbonyl (C=O) groups is 1. The highest BCUT2D eigenvalue weighted by Crippen LogP contribution is 2.28. The van der Waals surface area contributed by atoms with E-state index < -0.39 is 0 Å². The van der Waals surface area contributed by atoms with Gasteiger partial charge in [-0.05, 0) is 18.1 Å². The topological polar surface area (TPSA) is 71.2 Å². The van der Waals surface area contributed by atoms with Crippen LogP contribution in [-0.2, 0) is 6.42 Å². The number of nitrogens with one attached hydrogen (secondary N) is 1. The fraction of sp³-hybridized carbons (Fsp3) is 0.333. The van der Waals surface area contributed by atoms with E-state index >= 15 is 0 Å². The minimum absolute atomic E-state index is 0.207. The van der Waals surface area contributed by atoms with Gasteiger partial charge in [-0.2, -0.15) is 0 Å². The molecule has 21 heavy (non-hydrogen) atoms. The molecule has 2 rings (SSSR count). The number of aromatic nitrogens is 1. The molecule has 6 heteroatoms. The second-order valence-corrected chi connectivity index (χ2v) is 5.94. The maximum absolute atomic E-state index is 12.4. The standard InChI is InChI=1S/C15H20N4OS/c1-4-7-10-8-5-6-9-11(10)17-14(20)12-13(16)18-15(21-12)19(2)3/h5-6,8-9H,4,7,16H2,1-3H3,(H,17,20). The Morgan fingerprint density at radius 2 is 2.10 bits per heavy atom. The van der Waals surface area contributed by atoms with E-state index in [1.165, 1.54) is 11.3 Å². The Kier molecular flexibility index (Phi) is 4.80. The fourth-order valence-electron chi connectivity index (χ4n) is 1.98. The monoisotopic (exact) mass is 304 g/mol. The van der Waals surface area contributed by atoms with Crippen LogP contribution in [-0.4, -0.2) is 25.0 Å². The third kappa shape index (κ3) is 3.52. The highest BCUT2D eigenvalue weighted by atomic mass is 32.1. The van der Waals surface area contributed by atoms with Crippen molar-refractivity contribution in [2.75, 3.05) is 30.0 Å². The van der Waals surface area contributed by atoms with E-state index in [0.29, 0.717) is 4.88 Å². The molecule has 2 aromatic rings. The average molecular weight is 304 g/mol. The molecular weight excluding hydrogens is 284 g/mol. The van der Waals surface area contributed by atoms with Crippen LogP contribution in [0.1, 0.15) is 28.6 Å². The molecule has 0 aliphatic carbocycles. The lowest BCUT2D eigenvalue weighted by Crippen LogP contribution is -2.13. The van der Waals surface area contributed by atoms with Gasteiger partial charge < -0.3 is 16.0 Å². The van der Waals surface area contributed by atoms with Gasteiger partial charge in [0.2, 0.25) is 0 Å². The number of carbonyl (C=O) groups excluding carboxylic acids is 1. The molecule has 0 aliphatic rings. The Balaban J connectivity index is 2.22. The summed E-state index contributed by atoms with van der Waals surface area (Å²) >= 11 is 1.29. The number of nitrogens with two attached hydrogens (primary N) is 1. The first kappa shape index (κ1) is 15.3. The summed E-state index contributed by atoms with van der Waals surface area (Å²) in [4.78, 5) is 18.9. The van der Waals surface area contributed by atoms with Crippen molar-refractivity contribution >= 4 is 33.9 Å². The molecule has 3 N–H and O–H groups in total. The molecule has 5 nitrogen and oxygen atoms in total. The number of anilines is 3. The van der Waals surface area contributed by atoms with Gasteiger partial charge >= 0.3 is 0 Å². The number of amides is 1. The third-order valence-corrected chi connectivity index (χ3v) is 4.25. The summed E-state index contributed by atoms with van der Waals surface area (Å²) in [6.45, 7) is 2.11. The van der Waals surface area contributed by atoms with E-state index in [9.17, 15) is 4.79 Å². The third-order valence-electron chi connectivity index (χ3n) is 3.02. The normalized spacial score (nSPS) is 10.4. The summed E-state index contributed by atoms with van der Waals surface area (Å²) in [5.41, 5.74) is 7.81. The minimum atomic E-state index is -0.207. The number of para-hydroxylation sites is 1. The molecule has 112 valence electrons. The Morgan fingerprint density at radius 3 is 2.71 bits per heavy atom. The lowest BCUT2D eigenvalue weighted by Gasteiger charge is -2.09. The number of aryl methyl sites for hydroxylation is 1. The summed E-state index contributed by atoms with van der Waals surface area (Å²) in [7, 11) is 3.74. The van der Waals surface area contributed by atoms with Crippen LogP contribution < -0.4 is 16.0 Å². The molecule has 0 radical (unpaired) electrons. The van der Waals surface area contributed by atoms with Crippen LogP contribution in [0, 0.1) is 0 Å². The second-order valence-electron chi connectivity index (χ2n) is 4.97. The maximum atomic E-state index is 12.4. The average Bonchev–Trinajstić information content (AvgIpc) is 2.83. The van der Waals surface area contributed by atoms with Crippen LogP contribution in [0.2, 0.25) is 0 Å². The number of nitrogen functional groups attached to an aromatic ring is 1. The van der Waals surface area contributed by atoms with Gasteiger partial charge in [-0.1, -0.05) is 42.9 Å². The Morgan fingerprint density at radius 1 is 1.38 bits per heavy atom. The van der Waals surface area contributed by atoms with Crippen molar-refractivity contribution in [3.8, 4) is 0 Å². The molecule has 1 aromatic heterocycles. The molecule has 0 spiro atoms. The summed E-state index contributed by atoms with van der Waals surface area (Å²) in [6.07, 6.45) is 1.96. The van der Waals surface area contributed by atoms with Crippen molar-refractivity contribution < 1.29 is 4.79 Å². The molecule has 1 aromatic carbocycles. The van der Waals surface area contributed by atoms with E-state index in [-0.39, 0.29) is 11.7 Å². The van der Waals surface area contributed by atoms with E-state index in [2.05, 4.69) is 17.2 Å². The predicted octanol–water partition coefficient (Wildman–Crippen LogP) is 3.00. The SMILES string of the molecule is CCCc1ccccc1NC(=O)c1sc(N(C)C)nc1N. The molecule has 1 amide bonds. The predicted molar refractivity (Wildman–Crippen MR) is 89.2 cm³/mol. The van der Waals surface area contributed by atoms with Crippen molar-refractivity contribution in [2.45, 2.75) is 19.8 Å². The first-order chi connectivity index (χ1) is 10.0. The highest BCUT2D eigenvalue weighted by Gasteiger charge is 2.18. The smallest absolute Gasteiger partial charge is 0.269 e. The lowest BCUT2D eigenvalue weighted by atomic mass is 10.1. The summed E-state index contributed by atoms with van der Waals surface area (Å²) in [6, 6.07) is 7.83. The molecule has 0 fully saturated rings. The van der Waals surface area contributed by atoms with Crippen molar-refractivity contribution in [2.24, 2.45) is 0 Å². The molecule has 0 saturated heterocycles. The first-order valence-corrected chi connectivity index (χ1v) is 7.67. The van der Waals surface area contributed by atoms with Crippen LogP contribution in [0.25, 0.3) is 0 Å². The maximum Gasteiger partial charge on any atom is 0.269 e. The van der Waals surface area contributed by atoms with Gasteiger partial charge in [-0.15, -0.1) is 0 Å². The number of nitrogens with zero attached hydrogens (tertiary/aromatic N) is 2. The van der Waals surface area contributed by atoms with E-state index in [1.54, 1.807) is 0 Å². The van der Waals surface area contributed by atoms with Crippen molar-refractivity contribution in [1.82, 2.24) is 4.98 Å². The number of hydrogen-bond donors (Lipinski definition) is 2. The number of benzene rings is 1. The molecular formula is C15H20N4OS.